The molecule has 138 valence electrons. The number of aromatic nitrogens is 2. The molecule has 3 aromatic rings. The molecule has 4 nitrogen and oxygen atoms in total. The fraction of sp³-hybridized carbons (Fsp3) is 0.304. The smallest absolute Gasteiger partial charge is 0.228 e. The first-order valence-corrected chi connectivity index (χ1v) is 9.57. The normalized spacial score (nSPS) is 16.1. The van der Waals surface area contributed by atoms with E-state index in [1.54, 1.807) is 0 Å². The van der Waals surface area contributed by atoms with Crippen molar-refractivity contribution in [2.24, 2.45) is 0 Å². The number of hydrogen-bond donors (Lipinski definition) is 1. The van der Waals surface area contributed by atoms with Crippen molar-refractivity contribution in [3.63, 3.8) is 0 Å². The Bertz CT molecular complexity index is 980. The molecule has 0 saturated carbocycles. The van der Waals surface area contributed by atoms with Crippen LogP contribution in [0.25, 0.3) is 0 Å². The Balaban J connectivity index is 1.70. The van der Waals surface area contributed by atoms with E-state index < -0.39 is 0 Å². The number of nitrogens with one attached hydrogen (secondary N) is 1. The van der Waals surface area contributed by atoms with E-state index in [4.69, 9.17) is 9.97 Å². The fourth-order valence-electron chi connectivity index (χ4n) is 3.75. The largest absolute Gasteiger partial charge is 0.340 e. The second-order valence-electron chi connectivity index (χ2n) is 7.34. The molecule has 2 aromatic carbocycles. The molecule has 0 aliphatic carbocycles. The molecule has 0 spiro atoms. The van der Waals surface area contributed by atoms with Gasteiger partial charge in [-0.2, -0.15) is 4.98 Å². The van der Waals surface area contributed by atoms with Gasteiger partial charge in [0.25, 0.3) is 0 Å². The summed E-state index contributed by atoms with van der Waals surface area (Å²) in [5.74, 6) is 1.69. The Morgan fingerprint density at radius 1 is 0.963 bits per heavy atom. The highest BCUT2D eigenvalue weighted by atomic mass is 15.3. The number of fused-ring (bicyclic) bond motifs is 1. The molecule has 0 saturated heterocycles. The molecule has 0 amide bonds. The standard InChI is InChI=1S/C23H26N4/c1-15-9-5-8-12-21(15)25-22-16(2)17(3)24-23(26-22)27-14-13-19-10-6-7-11-20(19)18(27)4/h5-12,18H,13-14H2,1-4H3,(H,24,25,26)/t18-/m1/s1. The quantitative estimate of drug-likeness (QED) is 0.692. The van der Waals surface area contributed by atoms with Crippen LogP contribution >= 0.6 is 0 Å². The summed E-state index contributed by atoms with van der Waals surface area (Å²) in [5.41, 5.74) is 7.20. The van der Waals surface area contributed by atoms with E-state index in [0.717, 1.165) is 41.7 Å². The third-order valence-corrected chi connectivity index (χ3v) is 5.63. The van der Waals surface area contributed by atoms with Gasteiger partial charge in [0.05, 0.1) is 6.04 Å². The van der Waals surface area contributed by atoms with Gasteiger partial charge < -0.3 is 10.2 Å². The van der Waals surface area contributed by atoms with Crippen molar-refractivity contribution in [3.8, 4) is 0 Å². The minimum Gasteiger partial charge on any atom is -0.340 e. The molecule has 1 atom stereocenters. The molecule has 1 aromatic heterocycles. The van der Waals surface area contributed by atoms with Gasteiger partial charge in [-0.05, 0) is 56.9 Å². The van der Waals surface area contributed by atoms with Crippen LogP contribution < -0.4 is 10.2 Å². The summed E-state index contributed by atoms with van der Waals surface area (Å²) >= 11 is 0. The lowest BCUT2D eigenvalue weighted by atomic mass is 9.94. The first kappa shape index (κ1) is 17.5. The predicted molar refractivity (Wildman–Crippen MR) is 112 cm³/mol. The van der Waals surface area contributed by atoms with Crippen molar-refractivity contribution in [1.29, 1.82) is 0 Å². The van der Waals surface area contributed by atoms with Crippen LogP contribution in [0.1, 0.15) is 40.9 Å². The van der Waals surface area contributed by atoms with E-state index >= 15 is 0 Å². The molecule has 0 radical (unpaired) electrons. The summed E-state index contributed by atoms with van der Waals surface area (Å²) in [6.45, 7) is 9.42. The Hall–Kier alpha value is -2.88. The maximum absolute atomic E-state index is 4.92. The van der Waals surface area contributed by atoms with Gasteiger partial charge in [-0.3, -0.25) is 0 Å². The molecule has 4 heteroatoms. The Labute approximate surface area is 161 Å². The first-order chi connectivity index (χ1) is 13.0. The molecule has 0 unspecified atom stereocenters. The number of rotatable bonds is 3. The zero-order valence-corrected chi connectivity index (χ0v) is 16.5. The minimum absolute atomic E-state index is 0.267. The molecule has 1 aliphatic heterocycles. The molecule has 2 heterocycles. The zero-order chi connectivity index (χ0) is 19.0. The second kappa shape index (κ2) is 7.03. The second-order valence-corrected chi connectivity index (χ2v) is 7.34. The van der Waals surface area contributed by atoms with Crippen LogP contribution in [0.5, 0.6) is 0 Å². The Morgan fingerprint density at radius 2 is 1.70 bits per heavy atom. The lowest BCUT2D eigenvalue weighted by Gasteiger charge is -2.35. The summed E-state index contributed by atoms with van der Waals surface area (Å²) in [6, 6.07) is 17.3. The van der Waals surface area contributed by atoms with Crippen molar-refractivity contribution in [1.82, 2.24) is 9.97 Å². The highest BCUT2D eigenvalue weighted by molar-refractivity contribution is 5.64. The summed E-state index contributed by atoms with van der Waals surface area (Å²) in [4.78, 5) is 12.1. The summed E-state index contributed by atoms with van der Waals surface area (Å²) < 4.78 is 0. The van der Waals surface area contributed by atoms with E-state index in [2.05, 4.69) is 80.4 Å². The zero-order valence-electron chi connectivity index (χ0n) is 16.5. The average molecular weight is 358 g/mol. The molecular formula is C23H26N4. The van der Waals surface area contributed by atoms with Crippen LogP contribution in [0.15, 0.2) is 48.5 Å². The molecule has 27 heavy (non-hydrogen) atoms. The van der Waals surface area contributed by atoms with Crippen LogP contribution in [0.2, 0.25) is 0 Å². The van der Waals surface area contributed by atoms with Gasteiger partial charge in [0.1, 0.15) is 5.82 Å². The van der Waals surface area contributed by atoms with Gasteiger partial charge in [0, 0.05) is 23.5 Å². The minimum atomic E-state index is 0.267. The maximum Gasteiger partial charge on any atom is 0.228 e. The van der Waals surface area contributed by atoms with Gasteiger partial charge in [-0.1, -0.05) is 42.5 Å². The number of nitrogens with zero attached hydrogens (tertiary/aromatic N) is 3. The third kappa shape index (κ3) is 3.27. The summed E-state index contributed by atoms with van der Waals surface area (Å²) in [7, 11) is 0. The molecular weight excluding hydrogens is 332 g/mol. The molecule has 1 N–H and O–H groups in total. The van der Waals surface area contributed by atoms with Crippen molar-refractivity contribution < 1.29 is 0 Å². The molecule has 1 aliphatic rings. The number of hydrogen-bond acceptors (Lipinski definition) is 4. The fourth-order valence-corrected chi connectivity index (χ4v) is 3.75. The number of anilines is 3. The number of benzene rings is 2. The SMILES string of the molecule is Cc1ccccc1Nc1nc(N2CCc3ccccc3[C@H]2C)nc(C)c1C. The number of aryl methyl sites for hydroxylation is 2. The van der Waals surface area contributed by atoms with E-state index in [-0.39, 0.29) is 6.04 Å². The first-order valence-electron chi connectivity index (χ1n) is 9.57. The highest BCUT2D eigenvalue weighted by Crippen LogP contribution is 2.33. The lowest BCUT2D eigenvalue weighted by molar-refractivity contribution is 0.607. The van der Waals surface area contributed by atoms with Crippen LogP contribution in [0.4, 0.5) is 17.5 Å². The van der Waals surface area contributed by atoms with Crippen LogP contribution in [-0.4, -0.2) is 16.5 Å². The van der Waals surface area contributed by atoms with Gasteiger partial charge in [0.2, 0.25) is 5.95 Å². The maximum atomic E-state index is 4.92. The van der Waals surface area contributed by atoms with E-state index in [9.17, 15) is 0 Å². The van der Waals surface area contributed by atoms with E-state index in [0.29, 0.717) is 0 Å². The van der Waals surface area contributed by atoms with Crippen LogP contribution in [-0.2, 0) is 6.42 Å². The van der Waals surface area contributed by atoms with E-state index in [1.165, 1.54) is 16.7 Å². The van der Waals surface area contributed by atoms with Crippen LogP contribution in [0, 0.1) is 20.8 Å². The van der Waals surface area contributed by atoms with E-state index in [1.807, 2.05) is 6.07 Å². The lowest BCUT2D eigenvalue weighted by Crippen LogP contribution is -2.35. The predicted octanol–water partition coefficient (Wildman–Crippen LogP) is 5.27. The van der Waals surface area contributed by atoms with Crippen molar-refractivity contribution in [2.45, 2.75) is 40.2 Å². The molecule has 4 rings (SSSR count). The highest BCUT2D eigenvalue weighted by Gasteiger charge is 2.26. The van der Waals surface area contributed by atoms with Crippen molar-refractivity contribution >= 4 is 17.5 Å². The number of para-hydroxylation sites is 1. The van der Waals surface area contributed by atoms with Crippen molar-refractivity contribution in [2.75, 3.05) is 16.8 Å². The molecule has 0 bridgehead atoms. The van der Waals surface area contributed by atoms with Gasteiger partial charge >= 0.3 is 0 Å². The van der Waals surface area contributed by atoms with Crippen LogP contribution in [0.3, 0.4) is 0 Å². The Kier molecular flexibility index (Phi) is 4.56. The molecule has 0 fully saturated rings. The van der Waals surface area contributed by atoms with Crippen molar-refractivity contribution in [3.05, 3.63) is 76.5 Å². The Morgan fingerprint density at radius 3 is 2.52 bits per heavy atom. The monoisotopic (exact) mass is 358 g/mol. The third-order valence-electron chi connectivity index (χ3n) is 5.63. The summed E-state index contributed by atoms with van der Waals surface area (Å²) in [5, 5.41) is 3.52. The topological polar surface area (TPSA) is 41.1 Å². The van der Waals surface area contributed by atoms with Gasteiger partial charge in [-0.15, -0.1) is 0 Å². The van der Waals surface area contributed by atoms with Gasteiger partial charge in [0.15, 0.2) is 0 Å². The summed E-state index contributed by atoms with van der Waals surface area (Å²) in [6.07, 6.45) is 1.03. The van der Waals surface area contributed by atoms with Gasteiger partial charge in [-0.25, -0.2) is 4.98 Å². The average Bonchev–Trinajstić information content (AvgIpc) is 2.67.